The zero-order chi connectivity index (χ0) is 12.3. The number of nitrogens with zero attached hydrogens (tertiary/aromatic N) is 2. The normalized spacial score (nSPS) is 13.6. The first-order chi connectivity index (χ1) is 7.34. The third-order valence-electron chi connectivity index (χ3n) is 1.56. The lowest BCUT2D eigenvalue weighted by Gasteiger charge is -2.07. The lowest BCUT2D eigenvalue weighted by atomic mass is 10.3. The molecule has 0 radical (unpaired) electrons. The predicted molar refractivity (Wildman–Crippen MR) is 46.6 cm³/mol. The van der Waals surface area contributed by atoms with Crippen LogP contribution in [0.15, 0.2) is 4.52 Å². The highest BCUT2D eigenvalue weighted by atomic mass is 35.5. The van der Waals surface area contributed by atoms with Crippen LogP contribution in [-0.4, -0.2) is 21.9 Å². The van der Waals surface area contributed by atoms with Crippen LogP contribution in [-0.2, 0) is 11.0 Å². The van der Waals surface area contributed by atoms with Crippen LogP contribution in [0.3, 0.4) is 0 Å². The highest BCUT2D eigenvalue weighted by Gasteiger charge is 2.37. The van der Waals surface area contributed by atoms with E-state index < -0.39 is 23.9 Å². The second kappa shape index (κ2) is 4.69. The smallest absolute Gasteiger partial charge is 0.344 e. The number of hydrogen-bond donors (Lipinski definition) is 1. The quantitative estimate of drug-likeness (QED) is 0.834. The van der Waals surface area contributed by atoms with Crippen molar-refractivity contribution in [2.75, 3.05) is 5.88 Å². The maximum absolute atomic E-state index is 12.1. The molecule has 0 fully saturated rings. The van der Waals surface area contributed by atoms with Crippen LogP contribution in [0.25, 0.3) is 0 Å². The fourth-order valence-electron chi connectivity index (χ4n) is 0.868. The van der Waals surface area contributed by atoms with Crippen molar-refractivity contribution in [2.45, 2.75) is 19.1 Å². The van der Waals surface area contributed by atoms with E-state index in [1.807, 2.05) is 0 Å². The molecule has 16 heavy (non-hydrogen) atoms. The minimum absolute atomic E-state index is 0.301. The summed E-state index contributed by atoms with van der Waals surface area (Å²) in [5.41, 5.74) is 0. The van der Waals surface area contributed by atoms with Crippen LogP contribution in [0.4, 0.5) is 13.2 Å². The Kier molecular flexibility index (Phi) is 3.74. The highest BCUT2D eigenvalue weighted by molar-refractivity contribution is 6.27. The summed E-state index contributed by atoms with van der Waals surface area (Å²) in [6, 6.07) is -0.824. The van der Waals surface area contributed by atoms with Gasteiger partial charge in [0.2, 0.25) is 11.8 Å². The molecule has 1 unspecified atom stereocenters. The second-order valence-electron chi connectivity index (χ2n) is 2.88. The van der Waals surface area contributed by atoms with E-state index in [9.17, 15) is 18.0 Å². The number of halogens is 4. The monoisotopic (exact) mass is 257 g/mol. The van der Waals surface area contributed by atoms with Gasteiger partial charge in [-0.25, -0.2) is 0 Å². The summed E-state index contributed by atoms with van der Waals surface area (Å²) >= 11 is 5.20. The van der Waals surface area contributed by atoms with Crippen molar-refractivity contribution in [3.63, 3.8) is 0 Å². The summed E-state index contributed by atoms with van der Waals surface area (Å²) < 4.78 is 40.7. The maximum Gasteiger partial charge on any atom is 0.455 e. The molecule has 0 bridgehead atoms. The Bertz CT molecular complexity index is 379. The lowest BCUT2D eigenvalue weighted by Crippen LogP contribution is -2.27. The molecule has 1 amide bonds. The van der Waals surface area contributed by atoms with Crippen LogP contribution in [0.5, 0.6) is 0 Å². The molecule has 5 nitrogen and oxygen atoms in total. The van der Waals surface area contributed by atoms with Gasteiger partial charge in [0.15, 0.2) is 0 Å². The Morgan fingerprint density at radius 2 is 2.25 bits per heavy atom. The third-order valence-corrected chi connectivity index (χ3v) is 1.81. The van der Waals surface area contributed by atoms with Crippen LogP contribution in [0.1, 0.15) is 24.7 Å². The molecule has 90 valence electrons. The SMILES string of the molecule is CC(NC(=O)CCl)c1nc(C(F)(F)F)no1. The minimum Gasteiger partial charge on any atom is -0.344 e. The van der Waals surface area contributed by atoms with Crippen molar-refractivity contribution in [3.05, 3.63) is 11.7 Å². The molecule has 1 N–H and O–H groups in total. The summed E-state index contributed by atoms with van der Waals surface area (Å²) in [5.74, 6) is -2.55. The molecule has 0 aliphatic heterocycles. The van der Waals surface area contributed by atoms with Crippen LogP contribution in [0.2, 0.25) is 0 Å². The van der Waals surface area contributed by atoms with E-state index >= 15 is 0 Å². The summed E-state index contributed by atoms with van der Waals surface area (Å²) in [7, 11) is 0. The zero-order valence-electron chi connectivity index (χ0n) is 8.01. The molecule has 0 aliphatic rings. The largest absolute Gasteiger partial charge is 0.455 e. The van der Waals surface area contributed by atoms with Gasteiger partial charge in [0.1, 0.15) is 11.9 Å². The Morgan fingerprint density at radius 3 is 2.69 bits per heavy atom. The highest BCUT2D eigenvalue weighted by Crippen LogP contribution is 2.27. The lowest BCUT2D eigenvalue weighted by molar-refractivity contribution is -0.146. The second-order valence-corrected chi connectivity index (χ2v) is 3.14. The van der Waals surface area contributed by atoms with Gasteiger partial charge in [-0.15, -0.1) is 11.6 Å². The minimum atomic E-state index is -4.67. The van der Waals surface area contributed by atoms with E-state index in [-0.39, 0.29) is 11.8 Å². The molecule has 1 heterocycles. The number of nitrogens with one attached hydrogen (secondary N) is 1. The van der Waals surface area contributed by atoms with E-state index in [2.05, 4.69) is 20.0 Å². The molecule has 0 saturated carbocycles. The van der Waals surface area contributed by atoms with Crippen molar-refractivity contribution in [2.24, 2.45) is 0 Å². The first-order valence-electron chi connectivity index (χ1n) is 4.10. The fraction of sp³-hybridized carbons (Fsp3) is 0.571. The van der Waals surface area contributed by atoms with Crippen molar-refractivity contribution < 1.29 is 22.5 Å². The Balaban J connectivity index is 2.74. The number of amides is 1. The van der Waals surface area contributed by atoms with Gasteiger partial charge < -0.3 is 9.84 Å². The first kappa shape index (κ1) is 12.8. The van der Waals surface area contributed by atoms with Crippen LogP contribution >= 0.6 is 11.6 Å². The molecule has 1 atom stereocenters. The van der Waals surface area contributed by atoms with Crippen molar-refractivity contribution in [1.82, 2.24) is 15.5 Å². The average molecular weight is 258 g/mol. The van der Waals surface area contributed by atoms with Crippen molar-refractivity contribution in [1.29, 1.82) is 0 Å². The Hall–Kier alpha value is -1.31. The fourth-order valence-corrected chi connectivity index (χ4v) is 0.945. The molecule has 0 spiro atoms. The van der Waals surface area contributed by atoms with Gasteiger partial charge >= 0.3 is 6.18 Å². The third kappa shape index (κ3) is 3.09. The molecule has 9 heteroatoms. The van der Waals surface area contributed by atoms with Crippen LogP contribution in [0, 0.1) is 0 Å². The Labute approximate surface area is 93.0 Å². The summed E-state index contributed by atoms with van der Waals surface area (Å²) in [6.45, 7) is 1.40. The van der Waals surface area contributed by atoms with Crippen LogP contribution < -0.4 is 5.32 Å². The van der Waals surface area contributed by atoms with E-state index in [0.717, 1.165) is 0 Å². The summed E-state index contributed by atoms with van der Waals surface area (Å²) in [4.78, 5) is 14.0. The first-order valence-corrected chi connectivity index (χ1v) is 4.64. The van der Waals surface area contributed by atoms with Gasteiger partial charge in [0.25, 0.3) is 5.82 Å². The van der Waals surface area contributed by atoms with Crippen molar-refractivity contribution >= 4 is 17.5 Å². The van der Waals surface area contributed by atoms with E-state index in [4.69, 9.17) is 11.6 Å². The van der Waals surface area contributed by atoms with E-state index in [0.29, 0.717) is 0 Å². The Morgan fingerprint density at radius 1 is 1.62 bits per heavy atom. The number of rotatable bonds is 3. The zero-order valence-corrected chi connectivity index (χ0v) is 8.76. The topological polar surface area (TPSA) is 68.0 Å². The maximum atomic E-state index is 12.1. The van der Waals surface area contributed by atoms with Gasteiger partial charge in [-0.3, -0.25) is 4.79 Å². The predicted octanol–water partition coefficient (Wildman–Crippen LogP) is 1.50. The number of aromatic nitrogens is 2. The van der Waals surface area contributed by atoms with E-state index in [1.54, 1.807) is 0 Å². The molecule has 1 aromatic heterocycles. The number of carbonyl (C=O) groups excluding carboxylic acids is 1. The van der Waals surface area contributed by atoms with Gasteiger partial charge in [-0.2, -0.15) is 18.2 Å². The van der Waals surface area contributed by atoms with Gasteiger partial charge in [0.05, 0.1) is 0 Å². The standard InChI is InChI=1S/C7H7ClF3N3O2/c1-3(12-4(15)2-8)5-13-6(14-16-5)7(9,10)11/h3H,2H2,1H3,(H,12,15). The molecule has 0 aromatic carbocycles. The summed E-state index contributed by atoms with van der Waals surface area (Å²) in [6.07, 6.45) is -4.67. The average Bonchev–Trinajstić information content (AvgIpc) is 2.65. The molecule has 0 aliphatic carbocycles. The number of hydrogen-bond acceptors (Lipinski definition) is 4. The number of alkyl halides is 4. The van der Waals surface area contributed by atoms with Gasteiger partial charge in [-0.05, 0) is 6.92 Å². The van der Waals surface area contributed by atoms with Crippen molar-refractivity contribution in [3.8, 4) is 0 Å². The summed E-state index contributed by atoms with van der Waals surface area (Å²) in [5, 5.41) is 5.02. The molecular weight excluding hydrogens is 251 g/mol. The van der Waals surface area contributed by atoms with Gasteiger partial charge in [-0.1, -0.05) is 5.16 Å². The van der Waals surface area contributed by atoms with Gasteiger partial charge in [0, 0.05) is 0 Å². The number of carbonyl (C=O) groups is 1. The molecule has 1 rings (SSSR count). The molecule has 0 saturated heterocycles. The van der Waals surface area contributed by atoms with E-state index in [1.165, 1.54) is 6.92 Å². The molecular formula is C7H7ClF3N3O2. The molecule has 1 aromatic rings.